The van der Waals surface area contributed by atoms with Crippen molar-refractivity contribution in [2.45, 2.75) is 32.4 Å². The van der Waals surface area contributed by atoms with Gasteiger partial charge in [0.2, 0.25) is 0 Å². The lowest BCUT2D eigenvalue weighted by molar-refractivity contribution is 0.511. The van der Waals surface area contributed by atoms with Gasteiger partial charge in [-0.3, -0.25) is 0 Å². The Morgan fingerprint density at radius 3 is 2.62 bits per heavy atom. The molecule has 1 aliphatic carbocycles. The van der Waals surface area contributed by atoms with Crippen molar-refractivity contribution >= 4 is 11.8 Å². The molecule has 110 valence electrons. The fourth-order valence-electron chi connectivity index (χ4n) is 3.26. The van der Waals surface area contributed by atoms with Gasteiger partial charge < -0.3 is 5.32 Å². The Kier molecular flexibility index (Phi) is 4.37. The Morgan fingerprint density at radius 1 is 1.05 bits per heavy atom. The largest absolute Gasteiger partial charge is 0.307 e. The lowest BCUT2D eigenvalue weighted by Gasteiger charge is -2.20. The Balaban J connectivity index is 1.80. The molecule has 2 atom stereocenters. The molecule has 3 rings (SSSR count). The zero-order valence-electron chi connectivity index (χ0n) is 13.0. The number of hydrogen-bond donors (Lipinski definition) is 1. The summed E-state index contributed by atoms with van der Waals surface area (Å²) in [7, 11) is 0. The Labute approximate surface area is 132 Å². The summed E-state index contributed by atoms with van der Waals surface area (Å²) in [6, 6.07) is 16.7. The third-order valence-electron chi connectivity index (χ3n) is 4.27. The van der Waals surface area contributed by atoms with Crippen molar-refractivity contribution in [3.05, 3.63) is 59.2 Å². The van der Waals surface area contributed by atoms with Crippen molar-refractivity contribution in [1.82, 2.24) is 5.32 Å². The van der Waals surface area contributed by atoms with E-state index in [1.54, 1.807) is 0 Å². The van der Waals surface area contributed by atoms with Gasteiger partial charge in [0.1, 0.15) is 0 Å². The van der Waals surface area contributed by atoms with Crippen LogP contribution in [-0.2, 0) is 6.42 Å². The van der Waals surface area contributed by atoms with Crippen LogP contribution in [0.3, 0.4) is 0 Å². The van der Waals surface area contributed by atoms with Crippen molar-refractivity contribution in [1.29, 1.82) is 0 Å². The van der Waals surface area contributed by atoms with Gasteiger partial charge in [0, 0.05) is 17.8 Å². The topological polar surface area (TPSA) is 12.0 Å². The predicted molar refractivity (Wildman–Crippen MR) is 94.1 cm³/mol. The maximum absolute atomic E-state index is 3.69. The second-order valence-corrected chi connectivity index (χ2v) is 6.91. The van der Waals surface area contributed by atoms with Crippen LogP contribution < -0.4 is 5.32 Å². The molecule has 2 aromatic rings. The molecule has 0 bridgehead atoms. The lowest BCUT2D eigenvalue weighted by atomic mass is 10.00. The summed E-state index contributed by atoms with van der Waals surface area (Å²) in [4.78, 5) is 0. The van der Waals surface area contributed by atoms with E-state index in [1.807, 2.05) is 11.8 Å². The van der Waals surface area contributed by atoms with Gasteiger partial charge in [-0.1, -0.05) is 42.5 Å². The molecule has 21 heavy (non-hydrogen) atoms. The van der Waals surface area contributed by atoms with Gasteiger partial charge >= 0.3 is 0 Å². The number of hydrogen-bond acceptors (Lipinski definition) is 2. The van der Waals surface area contributed by atoms with E-state index in [1.165, 1.54) is 27.8 Å². The molecule has 0 fully saturated rings. The molecule has 2 heteroatoms. The molecule has 2 aromatic carbocycles. The summed E-state index contributed by atoms with van der Waals surface area (Å²) in [5, 5.41) is 3.69. The van der Waals surface area contributed by atoms with Gasteiger partial charge in [-0.25, -0.2) is 0 Å². The lowest BCUT2D eigenvalue weighted by Crippen LogP contribution is -2.30. The Morgan fingerprint density at radius 2 is 1.81 bits per heavy atom. The van der Waals surface area contributed by atoms with Crippen molar-refractivity contribution < 1.29 is 0 Å². The number of fused-ring (bicyclic) bond motifs is 3. The summed E-state index contributed by atoms with van der Waals surface area (Å²) in [5.41, 5.74) is 7.16. The van der Waals surface area contributed by atoms with Crippen molar-refractivity contribution in [3.8, 4) is 11.1 Å². The second kappa shape index (κ2) is 6.25. The summed E-state index contributed by atoms with van der Waals surface area (Å²) in [5.74, 6) is 1.15. The first kappa shape index (κ1) is 14.7. The van der Waals surface area contributed by atoms with Crippen LogP contribution in [0, 0.1) is 0 Å². The van der Waals surface area contributed by atoms with E-state index in [4.69, 9.17) is 0 Å². The average Bonchev–Trinajstić information content (AvgIpc) is 2.85. The van der Waals surface area contributed by atoms with Crippen molar-refractivity contribution in [3.63, 3.8) is 0 Å². The van der Waals surface area contributed by atoms with Gasteiger partial charge in [0.15, 0.2) is 0 Å². The van der Waals surface area contributed by atoms with Crippen LogP contribution in [0.1, 0.15) is 36.6 Å². The van der Waals surface area contributed by atoms with E-state index in [2.05, 4.69) is 67.9 Å². The molecule has 0 spiro atoms. The van der Waals surface area contributed by atoms with Gasteiger partial charge in [0.05, 0.1) is 0 Å². The van der Waals surface area contributed by atoms with E-state index < -0.39 is 0 Å². The SMILES string of the molecule is CSCC(C)NC(C)c1ccc2c(c1)Cc1ccccc1-2. The molecule has 1 aliphatic rings. The second-order valence-electron chi connectivity index (χ2n) is 6.00. The van der Waals surface area contributed by atoms with Crippen LogP contribution >= 0.6 is 11.8 Å². The quantitative estimate of drug-likeness (QED) is 0.735. The maximum atomic E-state index is 3.69. The van der Waals surface area contributed by atoms with Crippen LogP contribution in [0.2, 0.25) is 0 Å². The van der Waals surface area contributed by atoms with Gasteiger partial charge in [-0.15, -0.1) is 0 Å². The molecule has 1 N–H and O–H groups in total. The standard InChI is InChI=1S/C19H23NS/c1-13(12-21-3)20-14(2)15-8-9-19-17(10-15)11-16-6-4-5-7-18(16)19/h4-10,13-14,20H,11-12H2,1-3H3. The molecule has 0 aliphatic heterocycles. The third-order valence-corrected chi connectivity index (χ3v) is 5.10. The molecule has 0 aromatic heterocycles. The molecule has 0 amide bonds. The molecule has 0 heterocycles. The average molecular weight is 297 g/mol. The zero-order valence-corrected chi connectivity index (χ0v) is 13.8. The number of nitrogens with one attached hydrogen (secondary N) is 1. The molecular weight excluding hydrogens is 274 g/mol. The first-order valence-corrected chi connectivity index (χ1v) is 9.04. The number of rotatable bonds is 5. The van der Waals surface area contributed by atoms with E-state index in [9.17, 15) is 0 Å². The summed E-state index contributed by atoms with van der Waals surface area (Å²) in [6.07, 6.45) is 3.24. The van der Waals surface area contributed by atoms with Gasteiger partial charge in [-0.05, 0) is 54.3 Å². The highest BCUT2D eigenvalue weighted by Gasteiger charge is 2.19. The van der Waals surface area contributed by atoms with Crippen LogP contribution in [0.25, 0.3) is 11.1 Å². The molecule has 0 radical (unpaired) electrons. The van der Waals surface area contributed by atoms with Crippen LogP contribution in [0.4, 0.5) is 0 Å². The van der Waals surface area contributed by atoms with E-state index in [-0.39, 0.29) is 0 Å². The summed E-state index contributed by atoms with van der Waals surface area (Å²) in [6.45, 7) is 4.52. The highest BCUT2D eigenvalue weighted by Crippen LogP contribution is 2.37. The summed E-state index contributed by atoms with van der Waals surface area (Å²) < 4.78 is 0. The van der Waals surface area contributed by atoms with Crippen molar-refractivity contribution in [2.24, 2.45) is 0 Å². The molecular formula is C19H23NS. The Hall–Kier alpha value is -1.25. The number of benzene rings is 2. The maximum Gasteiger partial charge on any atom is 0.0294 e. The van der Waals surface area contributed by atoms with E-state index in [0.717, 1.165) is 12.2 Å². The fourth-order valence-corrected chi connectivity index (χ4v) is 3.85. The molecule has 0 saturated carbocycles. The zero-order chi connectivity index (χ0) is 14.8. The highest BCUT2D eigenvalue weighted by atomic mass is 32.2. The van der Waals surface area contributed by atoms with E-state index in [0.29, 0.717) is 12.1 Å². The minimum atomic E-state index is 0.404. The monoisotopic (exact) mass is 297 g/mol. The fraction of sp³-hybridized carbons (Fsp3) is 0.368. The smallest absolute Gasteiger partial charge is 0.0294 e. The van der Waals surface area contributed by atoms with E-state index >= 15 is 0 Å². The highest BCUT2D eigenvalue weighted by molar-refractivity contribution is 7.98. The number of thioether (sulfide) groups is 1. The first-order valence-electron chi connectivity index (χ1n) is 7.65. The van der Waals surface area contributed by atoms with Crippen LogP contribution in [-0.4, -0.2) is 18.1 Å². The molecule has 1 nitrogen and oxygen atoms in total. The third kappa shape index (κ3) is 3.02. The summed E-state index contributed by atoms with van der Waals surface area (Å²) >= 11 is 1.90. The van der Waals surface area contributed by atoms with Crippen LogP contribution in [0.5, 0.6) is 0 Å². The normalized spacial score (nSPS) is 15.4. The molecule has 2 unspecified atom stereocenters. The predicted octanol–water partition coefficient (Wildman–Crippen LogP) is 4.66. The van der Waals surface area contributed by atoms with Crippen LogP contribution in [0.15, 0.2) is 42.5 Å². The molecule has 0 saturated heterocycles. The van der Waals surface area contributed by atoms with Crippen molar-refractivity contribution in [2.75, 3.05) is 12.0 Å². The Bertz CT molecular complexity index is 635. The minimum absolute atomic E-state index is 0.404. The van der Waals surface area contributed by atoms with Gasteiger partial charge in [-0.2, -0.15) is 11.8 Å². The minimum Gasteiger partial charge on any atom is -0.307 e. The van der Waals surface area contributed by atoms with Gasteiger partial charge in [0.25, 0.3) is 0 Å². The first-order chi connectivity index (χ1) is 10.2.